The number of carbonyl (C=O) groups is 2. The van der Waals surface area contributed by atoms with Crippen molar-refractivity contribution in [3.63, 3.8) is 0 Å². The SMILES string of the molecule is C[C@H](OC(=O)/C=C/c1cccc2ccccc12)C(=O)Nc1ccc(Cl)cc1. The minimum Gasteiger partial charge on any atom is -0.449 e. The number of fused-ring (bicyclic) bond motifs is 1. The Kier molecular flexibility index (Phi) is 5.89. The normalized spacial score (nSPS) is 12.1. The van der Waals surface area contributed by atoms with E-state index in [9.17, 15) is 9.59 Å². The number of rotatable bonds is 5. The highest BCUT2D eigenvalue weighted by atomic mass is 35.5. The topological polar surface area (TPSA) is 55.4 Å². The molecule has 0 aliphatic rings. The first-order chi connectivity index (χ1) is 13.0. The Balaban J connectivity index is 1.61. The van der Waals surface area contributed by atoms with Gasteiger partial charge in [0.2, 0.25) is 0 Å². The van der Waals surface area contributed by atoms with E-state index in [1.165, 1.54) is 13.0 Å². The number of benzene rings is 3. The summed E-state index contributed by atoms with van der Waals surface area (Å²) in [6, 6.07) is 20.4. The van der Waals surface area contributed by atoms with Gasteiger partial charge in [-0.05, 0) is 53.6 Å². The molecule has 1 amide bonds. The Morgan fingerprint density at radius 1 is 1.00 bits per heavy atom. The standard InChI is InChI=1S/C22H18ClNO3/c1-15(22(26)24-19-12-10-18(23)11-13-19)27-21(25)14-9-17-7-4-6-16-5-2-3-8-20(16)17/h2-15H,1H3,(H,24,26)/b14-9+/t15-/m0/s1. The monoisotopic (exact) mass is 379 g/mol. The fourth-order valence-corrected chi connectivity index (χ4v) is 2.72. The van der Waals surface area contributed by atoms with Crippen LogP contribution >= 0.6 is 11.6 Å². The highest BCUT2D eigenvalue weighted by Crippen LogP contribution is 2.19. The van der Waals surface area contributed by atoms with E-state index >= 15 is 0 Å². The molecule has 4 nitrogen and oxygen atoms in total. The summed E-state index contributed by atoms with van der Waals surface area (Å²) in [5, 5.41) is 5.37. The largest absolute Gasteiger partial charge is 0.449 e. The minimum atomic E-state index is -0.926. The molecule has 0 aliphatic heterocycles. The molecular weight excluding hydrogens is 362 g/mol. The molecule has 0 bridgehead atoms. The molecule has 0 aliphatic carbocycles. The molecule has 0 saturated carbocycles. The van der Waals surface area contributed by atoms with Gasteiger partial charge in [-0.15, -0.1) is 0 Å². The molecule has 1 atom stereocenters. The lowest BCUT2D eigenvalue weighted by Gasteiger charge is -2.12. The maximum Gasteiger partial charge on any atom is 0.331 e. The van der Waals surface area contributed by atoms with Crippen molar-refractivity contribution >= 4 is 46.0 Å². The number of ether oxygens (including phenoxy) is 1. The van der Waals surface area contributed by atoms with Gasteiger partial charge in [-0.1, -0.05) is 54.1 Å². The summed E-state index contributed by atoms with van der Waals surface area (Å²) in [5.74, 6) is -0.995. The smallest absolute Gasteiger partial charge is 0.331 e. The second kappa shape index (κ2) is 8.52. The fourth-order valence-electron chi connectivity index (χ4n) is 2.60. The summed E-state index contributed by atoms with van der Waals surface area (Å²) in [5.41, 5.74) is 1.49. The quantitative estimate of drug-likeness (QED) is 0.497. The van der Waals surface area contributed by atoms with Gasteiger partial charge in [0.25, 0.3) is 5.91 Å². The van der Waals surface area contributed by atoms with Crippen LogP contribution in [0.3, 0.4) is 0 Å². The van der Waals surface area contributed by atoms with E-state index in [0.717, 1.165) is 16.3 Å². The van der Waals surface area contributed by atoms with Gasteiger partial charge in [-0.2, -0.15) is 0 Å². The van der Waals surface area contributed by atoms with Crippen molar-refractivity contribution in [3.05, 3.63) is 83.4 Å². The molecule has 0 unspecified atom stereocenters. The molecule has 0 heterocycles. The summed E-state index contributed by atoms with van der Waals surface area (Å²) in [4.78, 5) is 24.2. The summed E-state index contributed by atoms with van der Waals surface area (Å²) in [6.45, 7) is 1.52. The Labute approximate surface area is 162 Å². The molecule has 27 heavy (non-hydrogen) atoms. The van der Waals surface area contributed by atoms with E-state index in [1.54, 1.807) is 30.3 Å². The number of anilines is 1. The summed E-state index contributed by atoms with van der Waals surface area (Å²) in [6.07, 6.45) is 2.09. The van der Waals surface area contributed by atoms with Crippen LogP contribution in [0, 0.1) is 0 Å². The minimum absolute atomic E-state index is 0.413. The maximum atomic E-state index is 12.1. The van der Waals surface area contributed by atoms with Gasteiger partial charge in [0.1, 0.15) is 0 Å². The Morgan fingerprint density at radius 3 is 2.48 bits per heavy atom. The first kappa shape index (κ1) is 18.7. The summed E-state index contributed by atoms with van der Waals surface area (Å²) in [7, 11) is 0. The van der Waals surface area contributed by atoms with Crippen molar-refractivity contribution < 1.29 is 14.3 Å². The van der Waals surface area contributed by atoms with Gasteiger partial charge in [0.05, 0.1) is 0 Å². The first-order valence-electron chi connectivity index (χ1n) is 8.46. The first-order valence-corrected chi connectivity index (χ1v) is 8.83. The van der Waals surface area contributed by atoms with Crippen LogP contribution in [0.5, 0.6) is 0 Å². The van der Waals surface area contributed by atoms with E-state index in [-0.39, 0.29) is 0 Å². The van der Waals surface area contributed by atoms with Crippen LogP contribution in [0.25, 0.3) is 16.8 Å². The second-order valence-corrected chi connectivity index (χ2v) is 6.41. The van der Waals surface area contributed by atoms with Gasteiger partial charge in [-0.3, -0.25) is 4.79 Å². The second-order valence-electron chi connectivity index (χ2n) is 5.98. The highest BCUT2D eigenvalue weighted by molar-refractivity contribution is 6.30. The van der Waals surface area contributed by atoms with E-state index in [0.29, 0.717) is 10.7 Å². The van der Waals surface area contributed by atoms with Gasteiger partial charge >= 0.3 is 5.97 Å². The van der Waals surface area contributed by atoms with Crippen molar-refractivity contribution in [3.8, 4) is 0 Å². The highest BCUT2D eigenvalue weighted by Gasteiger charge is 2.16. The fraction of sp³-hybridized carbons (Fsp3) is 0.0909. The van der Waals surface area contributed by atoms with Gasteiger partial charge < -0.3 is 10.1 Å². The zero-order valence-corrected chi connectivity index (χ0v) is 15.4. The number of carbonyl (C=O) groups excluding carboxylic acids is 2. The molecule has 3 aromatic rings. The average molecular weight is 380 g/mol. The molecule has 0 fully saturated rings. The lowest BCUT2D eigenvalue weighted by Crippen LogP contribution is -2.29. The van der Waals surface area contributed by atoms with Crippen molar-refractivity contribution in [2.45, 2.75) is 13.0 Å². The lowest BCUT2D eigenvalue weighted by molar-refractivity contribution is -0.148. The summed E-state index contributed by atoms with van der Waals surface area (Å²) < 4.78 is 5.18. The lowest BCUT2D eigenvalue weighted by atomic mass is 10.0. The van der Waals surface area contributed by atoms with Crippen LogP contribution in [0.15, 0.2) is 72.8 Å². The van der Waals surface area contributed by atoms with Crippen molar-refractivity contribution in [2.75, 3.05) is 5.32 Å². The van der Waals surface area contributed by atoms with Crippen molar-refractivity contribution in [2.24, 2.45) is 0 Å². The molecule has 0 aromatic heterocycles. The Morgan fingerprint density at radius 2 is 1.70 bits per heavy atom. The van der Waals surface area contributed by atoms with Crippen molar-refractivity contribution in [1.29, 1.82) is 0 Å². The molecular formula is C22H18ClNO3. The van der Waals surface area contributed by atoms with Gasteiger partial charge in [-0.25, -0.2) is 4.79 Å². The maximum absolute atomic E-state index is 12.1. The third kappa shape index (κ3) is 4.96. The molecule has 5 heteroatoms. The van der Waals surface area contributed by atoms with Gasteiger partial charge in [0, 0.05) is 16.8 Å². The predicted molar refractivity (Wildman–Crippen MR) is 109 cm³/mol. The van der Waals surface area contributed by atoms with Crippen LogP contribution in [0.1, 0.15) is 12.5 Å². The van der Waals surface area contributed by atoms with Crippen molar-refractivity contribution in [1.82, 2.24) is 0 Å². The van der Waals surface area contributed by atoms with Crippen LogP contribution in [-0.2, 0) is 14.3 Å². The molecule has 0 spiro atoms. The number of esters is 1. The zero-order chi connectivity index (χ0) is 19.2. The van der Waals surface area contributed by atoms with E-state index < -0.39 is 18.0 Å². The summed E-state index contributed by atoms with van der Waals surface area (Å²) >= 11 is 5.81. The predicted octanol–water partition coefficient (Wildman–Crippen LogP) is 5.08. The van der Waals surface area contributed by atoms with Crippen LogP contribution < -0.4 is 5.32 Å². The third-order valence-electron chi connectivity index (χ3n) is 4.00. The molecule has 0 saturated heterocycles. The van der Waals surface area contributed by atoms with E-state index in [4.69, 9.17) is 16.3 Å². The zero-order valence-electron chi connectivity index (χ0n) is 14.7. The number of halogens is 1. The molecule has 3 rings (SSSR count). The van der Waals surface area contributed by atoms with E-state index in [1.807, 2.05) is 42.5 Å². The number of nitrogens with one attached hydrogen (secondary N) is 1. The Hall–Kier alpha value is -3.11. The number of hydrogen-bond donors (Lipinski definition) is 1. The molecule has 1 N–H and O–H groups in total. The molecule has 3 aromatic carbocycles. The number of hydrogen-bond acceptors (Lipinski definition) is 3. The average Bonchev–Trinajstić information content (AvgIpc) is 2.68. The Bertz CT molecular complexity index is 991. The van der Waals surface area contributed by atoms with Crippen LogP contribution in [0.2, 0.25) is 5.02 Å². The van der Waals surface area contributed by atoms with Gasteiger partial charge in [0.15, 0.2) is 6.10 Å². The molecule has 0 radical (unpaired) electrons. The van der Waals surface area contributed by atoms with Crippen LogP contribution in [0.4, 0.5) is 5.69 Å². The third-order valence-corrected chi connectivity index (χ3v) is 4.25. The van der Waals surface area contributed by atoms with Crippen LogP contribution in [-0.4, -0.2) is 18.0 Å². The molecule has 136 valence electrons. The number of amides is 1. The van der Waals surface area contributed by atoms with E-state index in [2.05, 4.69) is 5.32 Å².